The van der Waals surface area contributed by atoms with Gasteiger partial charge >= 0.3 is 5.97 Å². The first-order chi connectivity index (χ1) is 10.8. The largest absolute Gasteiger partial charge is 0.466 e. The Balaban J connectivity index is 1.90. The van der Waals surface area contributed by atoms with Gasteiger partial charge in [-0.1, -0.05) is 54.6 Å². The van der Waals surface area contributed by atoms with Gasteiger partial charge in [-0.2, -0.15) is 0 Å². The van der Waals surface area contributed by atoms with Crippen molar-refractivity contribution < 1.29 is 9.53 Å². The third-order valence-corrected chi connectivity index (χ3v) is 3.87. The first-order valence-corrected chi connectivity index (χ1v) is 7.39. The molecule has 0 spiro atoms. The summed E-state index contributed by atoms with van der Waals surface area (Å²) < 4.78 is 4.92. The van der Waals surface area contributed by atoms with Crippen LogP contribution in [0.25, 0.3) is 6.08 Å². The lowest BCUT2D eigenvalue weighted by atomic mass is 10.1. The van der Waals surface area contributed by atoms with Crippen LogP contribution in [-0.2, 0) is 22.6 Å². The number of ether oxygens (including phenoxy) is 1. The van der Waals surface area contributed by atoms with E-state index in [4.69, 9.17) is 4.74 Å². The summed E-state index contributed by atoms with van der Waals surface area (Å²) in [5, 5.41) is 0. The van der Waals surface area contributed by atoms with Crippen LogP contribution < -0.4 is 0 Å². The number of rotatable bonds is 3. The maximum Gasteiger partial charge on any atom is 0.335 e. The number of hydrogen-bond acceptors (Lipinski definition) is 3. The molecule has 0 fully saturated rings. The lowest BCUT2D eigenvalue weighted by Crippen LogP contribution is -2.26. The first-order valence-electron chi connectivity index (χ1n) is 7.39. The van der Waals surface area contributed by atoms with Crippen LogP contribution in [0.4, 0.5) is 0 Å². The normalized spacial score (nSPS) is 14.7. The monoisotopic (exact) mass is 293 g/mol. The number of hydrogen-bond donors (Lipinski definition) is 0. The van der Waals surface area contributed by atoms with Gasteiger partial charge in [0.2, 0.25) is 0 Å². The average Bonchev–Trinajstić information content (AvgIpc) is 2.74. The molecule has 0 amide bonds. The molecule has 0 saturated carbocycles. The number of benzene rings is 2. The second kappa shape index (κ2) is 6.58. The van der Waals surface area contributed by atoms with E-state index in [0.29, 0.717) is 12.1 Å². The zero-order valence-electron chi connectivity index (χ0n) is 12.7. The summed E-state index contributed by atoms with van der Waals surface area (Å²) in [6, 6.07) is 18.5. The Kier molecular flexibility index (Phi) is 4.35. The summed E-state index contributed by atoms with van der Waals surface area (Å²) in [4.78, 5) is 14.3. The molecule has 1 aliphatic rings. The Morgan fingerprint density at radius 3 is 2.55 bits per heavy atom. The van der Waals surface area contributed by atoms with E-state index in [-0.39, 0.29) is 5.97 Å². The third kappa shape index (κ3) is 3.26. The number of carbonyl (C=O) groups excluding carboxylic acids is 1. The zero-order valence-corrected chi connectivity index (χ0v) is 12.7. The van der Waals surface area contributed by atoms with Gasteiger partial charge in [-0.15, -0.1) is 0 Å². The van der Waals surface area contributed by atoms with Crippen LogP contribution in [-0.4, -0.2) is 24.5 Å². The van der Waals surface area contributed by atoms with Crippen LogP contribution in [0.2, 0.25) is 0 Å². The van der Waals surface area contributed by atoms with Crippen molar-refractivity contribution in [1.82, 2.24) is 4.90 Å². The number of nitrogens with zero attached hydrogens (tertiary/aromatic N) is 1. The van der Waals surface area contributed by atoms with Crippen LogP contribution in [0.1, 0.15) is 16.7 Å². The standard InChI is InChI=1S/C19H19NO2/c1-22-19(21)18-11-16-9-5-6-10-17(16)13-20(14-18)12-15-7-3-2-4-8-15/h2-11H,12-14H2,1H3. The van der Waals surface area contributed by atoms with Gasteiger partial charge in [0.15, 0.2) is 0 Å². The second-order valence-electron chi connectivity index (χ2n) is 5.49. The molecule has 1 heterocycles. The molecule has 3 nitrogen and oxygen atoms in total. The SMILES string of the molecule is COC(=O)C1=Cc2ccccc2CN(Cc2ccccc2)C1. The number of esters is 1. The van der Waals surface area contributed by atoms with Crippen molar-refractivity contribution in [2.24, 2.45) is 0 Å². The van der Waals surface area contributed by atoms with Gasteiger partial charge in [-0.05, 0) is 22.8 Å². The molecule has 2 aromatic carbocycles. The average molecular weight is 293 g/mol. The van der Waals surface area contributed by atoms with Gasteiger partial charge in [-0.25, -0.2) is 4.79 Å². The summed E-state index contributed by atoms with van der Waals surface area (Å²) in [6.07, 6.45) is 1.95. The molecule has 0 radical (unpaired) electrons. The molecule has 3 rings (SSSR count). The van der Waals surface area contributed by atoms with Crippen LogP contribution in [0.5, 0.6) is 0 Å². The Bertz CT molecular complexity index is 692. The van der Waals surface area contributed by atoms with Crippen molar-refractivity contribution in [3.05, 3.63) is 76.9 Å². The van der Waals surface area contributed by atoms with E-state index in [2.05, 4.69) is 23.1 Å². The fraction of sp³-hybridized carbons (Fsp3) is 0.211. The smallest absolute Gasteiger partial charge is 0.335 e. The minimum absolute atomic E-state index is 0.255. The van der Waals surface area contributed by atoms with Crippen molar-refractivity contribution in [3.63, 3.8) is 0 Å². The highest BCUT2D eigenvalue weighted by Gasteiger charge is 2.20. The lowest BCUT2D eigenvalue weighted by Gasteiger charge is -2.21. The summed E-state index contributed by atoms with van der Waals surface area (Å²) in [7, 11) is 1.43. The molecule has 22 heavy (non-hydrogen) atoms. The maximum atomic E-state index is 12.0. The second-order valence-corrected chi connectivity index (χ2v) is 5.49. The molecule has 1 aliphatic heterocycles. The van der Waals surface area contributed by atoms with Gasteiger partial charge in [0.25, 0.3) is 0 Å². The summed E-state index contributed by atoms with van der Waals surface area (Å²) >= 11 is 0. The molecule has 0 aliphatic carbocycles. The number of carbonyl (C=O) groups is 1. The van der Waals surface area contributed by atoms with E-state index in [9.17, 15) is 4.79 Å². The molecule has 0 unspecified atom stereocenters. The fourth-order valence-corrected chi connectivity index (χ4v) is 2.80. The quantitative estimate of drug-likeness (QED) is 0.814. The molecular formula is C19H19NO2. The van der Waals surface area contributed by atoms with Crippen molar-refractivity contribution in [2.75, 3.05) is 13.7 Å². The van der Waals surface area contributed by atoms with E-state index >= 15 is 0 Å². The van der Waals surface area contributed by atoms with Crippen LogP contribution in [0.3, 0.4) is 0 Å². The highest BCUT2D eigenvalue weighted by Crippen LogP contribution is 2.22. The molecule has 0 N–H and O–H groups in total. The molecule has 2 aromatic rings. The van der Waals surface area contributed by atoms with Gasteiger partial charge in [-0.3, -0.25) is 4.90 Å². The molecule has 0 aromatic heterocycles. The molecule has 3 heteroatoms. The predicted molar refractivity (Wildman–Crippen MR) is 87.0 cm³/mol. The fourth-order valence-electron chi connectivity index (χ4n) is 2.80. The Morgan fingerprint density at radius 1 is 1.05 bits per heavy atom. The van der Waals surface area contributed by atoms with E-state index in [1.807, 2.05) is 42.5 Å². The topological polar surface area (TPSA) is 29.5 Å². The van der Waals surface area contributed by atoms with Crippen molar-refractivity contribution in [3.8, 4) is 0 Å². The van der Waals surface area contributed by atoms with Gasteiger partial charge < -0.3 is 4.74 Å². The molecule has 0 bridgehead atoms. The highest BCUT2D eigenvalue weighted by atomic mass is 16.5. The number of methoxy groups -OCH3 is 1. The minimum Gasteiger partial charge on any atom is -0.466 e. The van der Waals surface area contributed by atoms with E-state index < -0.39 is 0 Å². The summed E-state index contributed by atoms with van der Waals surface area (Å²) in [5.74, 6) is -0.255. The van der Waals surface area contributed by atoms with E-state index in [1.165, 1.54) is 18.2 Å². The third-order valence-electron chi connectivity index (χ3n) is 3.87. The van der Waals surface area contributed by atoms with Crippen molar-refractivity contribution >= 4 is 12.0 Å². The molecule has 0 saturated heterocycles. The number of fused-ring (bicyclic) bond motifs is 1. The van der Waals surface area contributed by atoms with E-state index in [0.717, 1.165) is 18.7 Å². The molecule has 112 valence electrons. The molecular weight excluding hydrogens is 274 g/mol. The summed E-state index contributed by atoms with van der Waals surface area (Å²) in [5.41, 5.74) is 4.27. The van der Waals surface area contributed by atoms with Crippen molar-refractivity contribution in [2.45, 2.75) is 13.1 Å². The van der Waals surface area contributed by atoms with Crippen LogP contribution >= 0.6 is 0 Å². The highest BCUT2D eigenvalue weighted by molar-refractivity contribution is 5.94. The predicted octanol–water partition coefficient (Wildman–Crippen LogP) is 3.26. The first kappa shape index (κ1) is 14.5. The maximum absolute atomic E-state index is 12.0. The zero-order chi connectivity index (χ0) is 15.4. The lowest BCUT2D eigenvalue weighted by molar-refractivity contribution is -0.136. The minimum atomic E-state index is -0.255. The van der Waals surface area contributed by atoms with Gasteiger partial charge in [0.05, 0.1) is 12.7 Å². The Labute approximate surface area is 130 Å². The van der Waals surface area contributed by atoms with Crippen molar-refractivity contribution in [1.29, 1.82) is 0 Å². The Hall–Kier alpha value is -2.39. The molecule has 0 atom stereocenters. The Morgan fingerprint density at radius 2 is 1.77 bits per heavy atom. The van der Waals surface area contributed by atoms with Crippen LogP contribution in [0, 0.1) is 0 Å². The van der Waals surface area contributed by atoms with Crippen LogP contribution in [0.15, 0.2) is 60.2 Å². The summed E-state index contributed by atoms with van der Waals surface area (Å²) in [6.45, 7) is 2.22. The van der Waals surface area contributed by atoms with Gasteiger partial charge in [0.1, 0.15) is 0 Å². The van der Waals surface area contributed by atoms with Gasteiger partial charge in [0, 0.05) is 19.6 Å². The van der Waals surface area contributed by atoms with E-state index in [1.54, 1.807) is 0 Å².